The highest BCUT2D eigenvalue weighted by molar-refractivity contribution is 5.82. The van der Waals surface area contributed by atoms with Crippen molar-refractivity contribution in [1.29, 1.82) is 0 Å². The van der Waals surface area contributed by atoms with Crippen LogP contribution in [0.25, 0.3) is 10.9 Å². The SMILES string of the molecule is CNC(C)n1c(=O)c2c(C(F)(F)F)cccc2n(C)c1=O. The van der Waals surface area contributed by atoms with Crippen molar-refractivity contribution < 1.29 is 13.2 Å². The first-order chi connectivity index (χ1) is 9.70. The summed E-state index contributed by atoms with van der Waals surface area (Å²) in [6.07, 6.45) is -5.39. The molecule has 114 valence electrons. The standard InChI is InChI=1S/C13H14F3N3O2/c1-7(17-2)19-11(20)10-8(13(14,15)16)5-4-6-9(10)18(3)12(19)21/h4-7,17H,1-3H3. The zero-order valence-corrected chi connectivity index (χ0v) is 11.7. The lowest BCUT2D eigenvalue weighted by Gasteiger charge is -2.18. The first-order valence-corrected chi connectivity index (χ1v) is 6.19. The van der Waals surface area contributed by atoms with E-state index in [0.717, 1.165) is 15.2 Å². The van der Waals surface area contributed by atoms with Gasteiger partial charge in [0.25, 0.3) is 5.56 Å². The Morgan fingerprint density at radius 1 is 1.24 bits per heavy atom. The Labute approximate surface area is 117 Å². The van der Waals surface area contributed by atoms with E-state index in [1.165, 1.54) is 33.2 Å². The van der Waals surface area contributed by atoms with Gasteiger partial charge in [-0.15, -0.1) is 0 Å². The van der Waals surface area contributed by atoms with E-state index in [2.05, 4.69) is 5.32 Å². The molecule has 0 amide bonds. The summed E-state index contributed by atoms with van der Waals surface area (Å²) in [6.45, 7) is 1.52. The number of benzene rings is 1. The molecule has 0 saturated heterocycles. The lowest BCUT2D eigenvalue weighted by Crippen LogP contribution is -2.44. The molecule has 1 unspecified atom stereocenters. The first-order valence-electron chi connectivity index (χ1n) is 6.19. The van der Waals surface area contributed by atoms with Crippen LogP contribution in [0.3, 0.4) is 0 Å². The van der Waals surface area contributed by atoms with Gasteiger partial charge in [0.1, 0.15) is 0 Å². The molecule has 0 aliphatic carbocycles. The van der Waals surface area contributed by atoms with Gasteiger partial charge < -0.3 is 5.32 Å². The molecule has 1 aromatic heterocycles. The van der Waals surface area contributed by atoms with Crippen LogP contribution in [0.2, 0.25) is 0 Å². The van der Waals surface area contributed by atoms with Crippen molar-refractivity contribution in [3.8, 4) is 0 Å². The first kappa shape index (κ1) is 15.3. The van der Waals surface area contributed by atoms with Gasteiger partial charge in [-0.1, -0.05) is 6.07 Å². The number of nitrogens with one attached hydrogen (secondary N) is 1. The fourth-order valence-corrected chi connectivity index (χ4v) is 2.22. The average Bonchev–Trinajstić information content (AvgIpc) is 2.43. The maximum absolute atomic E-state index is 13.1. The normalized spacial score (nSPS) is 13.6. The summed E-state index contributed by atoms with van der Waals surface area (Å²) >= 11 is 0. The quantitative estimate of drug-likeness (QED) is 0.913. The maximum atomic E-state index is 13.1. The van der Waals surface area contributed by atoms with Crippen molar-refractivity contribution in [3.05, 3.63) is 44.6 Å². The van der Waals surface area contributed by atoms with Crippen molar-refractivity contribution in [3.63, 3.8) is 0 Å². The second-order valence-corrected chi connectivity index (χ2v) is 4.68. The fourth-order valence-electron chi connectivity index (χ4n) is 2.22. The van der Waals surface area contributed by atoms with Crippen LogP contribution in [0.1, 0.15) is 18.7 Å². The molecule has 2 rings (SSSR count). The smallest absolute Gasteiger partial charge is 0.300 e. The minimum absolute atomic E-state index is 0.0422. The van der Waals surface area contributed by atoms with Gasteiger partial charge in [-0.2, -0.15) is 13.2 Å². The third kappa shape index (κ3) is 2.35. The van der Waals surface area contributed by atoms with E-state index in [1.54, 1.807) is 0 Å². The number of halogens is 3. The summed E-state index contributed by atoms with van der Waals surface area (Å²) in [5.74, 6) is 0. The molecule has 0 saturated carbocycles. The topological polar surface area (TPSA) is 56.0 Å². The molecule has 0 spiro atoms. The summed E-state index contributed by atoms with van der Waals surface area (Å²) in [4.78, 5) is 24.5. The molecule has 0 fully saturated rings. The average molecular weight is 301 g/mol. The Balaban J connectivity index is 3.07. The van der Waals surface area contributed by atoms with Crippen LogP contribution in [0.15, 0.2) is 27.8 Å². The predicted molar refractivity (Wildman–Crippen MR) is 72.2 cm³/mol. The second-order valence-electron chi connectivity index (χ2n) is 4.68. The van der Waals surface area contributed by atoms with Crippen LogP contribution in [-0.4, -0.2) is 16.2 Å². The van der Waals surface area contributed by atoms with Crippen molar-refractivity contribution in [2.45, 2.75) is 19.3 Å². The van der Waals surface area contributed by atoms with Crippen LogP contribution in [0.4, 0.5) is 13.2 Å². The lowest BCUT2D eigenvalue weighted by atomic mass is 10.1. The molecule has 0 aliphatic rings. The minimum atomic E-state index is -4.67. The van der Waals surface area contributed by atoms with E-state index < -0.39 is 34.5 Å². The second kappa shape index (κ2) is 5.03. The number of aromatic nitrogens is 2. The van der Waals surface area contributed by atoms with Crippen molar-refractivity contribution in [2.24, 2.45) is 7.05 Å². The molecule has 0 bridgehead atoms. The predicted octanol–water partition coefficient (Wildman–Crippen LogP) is 1.46. The highest BCUT2D eigenvalue weighted by Gasteiger charge is 2.34. The van der Waals surface area contributed by atoms with Crippen molar-refractivity contribution >= 4 is 10.9 Å². The number of hydrogen-bond acceptors (Lipinski definition) is 3. The van der Waals surface area contributed by atoms with Crippen LogP contribution in [-0.2, 0) is 13.2 Å². The molecule has 8 heteroatoms. The van der Waals surface area contributed by atoms with Crippen molar-refractivity contribution in [2.75, 3.05) is 7.05 Å². The number of nitrogens with zero attached hydrogens (tertiary/aromatic N) is 2. The van der Waals surface area contributed by atoms with E-state index >= 15 is 0 Å². The Morgan fingerprint density at radius 2 is 1.86 bits per heavy atom. The zero-order valence-electron chi connectivity index (χ0n) is 11.7. The molecule has 2 aromatic rings. The van der Waals surface area contributed by atoms with Crippen LogP contribution in [0, 0.1) is 0 Å². The van der Waals surface area contributed by atoms with Crippen LogP contribution >= 0.6 is 0 Å². The highest BCUT2D eigenvalue weighted by atomic mass is 19.4. The Kier molecular flexibility index (Phi) is 3.66. The highest BCUT2D eigenvalue weighted by Crippen LogP contribution is 2.32. The van der Waals surface area contributed by atoms with E-state index in [1.807, 2.05) is 0 Å². The lowest BCUT2D eigenvalue weighted by molar-refractivity contribution is -0.136. The van der Waals surface area contributed by atoms with Crippen LogP contribution in [0.5, 0.6) is 0 Å². The molecule has 1 atom stereocenters. The largest absolute Gasteiger partial charge is 0.417 e. The van der Waals surface area contributed by atoms with E-state index in [9.17, 15) is 22.8 Å². The molecule has 1 N–H and O–H groups in total. The van der Waals surface area contributed by atoms with E-state index in [0.29, 0.717) is 0 Å². The maximum Gasteiger partial charge on any atom is 0.417 e. The van der Waals surface area contributed by atoms with Crippen LogP contribution < -0.4 is 16.6 Å². The summed E-state index contributed by atoms with van der Waals surface area (Å²) in [7, 11) is 2.85. The van der Waals surface area contributed by atoms with E-state index in [-0.39, 0.29) is 5.52 Å². The van der Waals surface area contributed by atoms with E-state index in [4.69, 9.17) is 0 Å². The van der Waals surface area contributed by atoms with Crippen molar-refractivity contribution in [1.82, 2.24) is 14.5 Å². The number of rotatable bonds is 2. The summed E-state index contributed by atoms with van der Waals surface area (Å²) < 4.78 is 41.1. The molecule has 0 radical (unpaired) electrons. The minimum Gasteiger partial charge on any atom is -0.300 e. The molecular formula is C13H14F3N3O2. The van der Waals surface area contributed by atoms with Gasteiger partial charge in [0.05, 0.1) is 22.6 Å². The summed E-state index contributed by atoms with van der Waals surface area (Å²) in [5.41, 5.74) is -2.71. The Bertz CT molecular complexity index is 805. The zero-order chi connectivity index (χ0) is 15.9. The number of aryl methyl sites for hydroxylation is 1. The molecule has 5 nitrogen and oxygen atoms in total. The molecule has 1 aromatic carbocycles. The van der Waals surface area contributed by atoms with Gasteiger partial charge in [0.15, 0.2) is 0 Å². The monoisotopic (exact) mass is 301 g/mol. The summed E-state index contributed by atoms with van der Waals surface area (Å²) in [5, 5.41) is 2.18. The molecule has 1 heterocycles. The van der Waals surface area contributed by atoms with Gasteiger partial charge in [0.2, 0.25) is 0 Å². The van der Waals surface area contributed by atoms with Gasteiger partial charge in [-0.3, -0.25) is 9.36 Å². The third-order valence-electron chi connectivity index (χ3n) is 3.44. The van der Waals surface area contributed by atoms with Gasteiger partial charge in [0, 0.05) is 7.05 Å². The summed E-state index contributed by atoms with van der Waals surface area (Å²) in [6, 6.07) is 3.33. The Hall–Kier alpha value is -2.09. The number of fused-ring (bicyclic) bond motifs is 1. The molecule has 0 aliphatic heterocycles. The van der Waals surface area contributed by atoms with Gasteiger partial charge >= 0.3 is 11.9 Å². The Morgan fingerprint density at radius 3 is 2.38 bits per heavy atom. The third-order valence-corrected chi connectivity index (χ3v) is 3.44. The van der Waals surface area contributed by atoms with Gasteiger partial charge in [-0.25, -0.2) is 9.36 Å². The number of hydrogen-bond donors (Lipinski definition) is 1. The van der Waals surface area contributed by atoms with Gasteiger partial charge in [-0.05, 0) is 26.1 Å². The molecule has 21 heavy (non-hydrogen) atoms. The number of alkyl halides is 3. The fraction of sp³-hybridized carbons (Fsp3) is 0.385. The molecular weight excluding hydrogens is 287 g/mol.